The molecule has 0 saturated carbocycles. The Hall–Kier alpha value is -0.590. The second-order valence-corrected chi connectivity index (χ2v) is 3.59. The van der Waals surface area contributed by atoms with Gasteiger partial charge in [0, 0.05) is 6.42 Å². The van der Waals surface area contributed by atoms with Crippen LogP contribution in [-0.4, -0.2) is 29.9 Å². The van der Waals surface area contributed by atoms with E-state index in [9.17, 15) is 19.5 Å². The van der Waals surface area contributed by atoms with Gasteiger partial charge in [-0.15, -0.1) is 0 Å². The van der Waals surface area contributed by atoms with Crippen molar-refractivity contribution in [2.24, 2.45) is 0 Å². The minimum atomic E-state index is -1.36. The molecule has 2 N–H and O–H groups in total. The van der Waals surface area contributed by atoms with Crippen LogP contribution in [0, 0.1) is 0 Å². The summed E-state index contributed by atoms with van der Waals surface area (Å²) in [6.07, 6.45) is 1.03. The average Bonchev–Trinajstić information content (AvgIpc) is 2.17. The van der Waals surface area contributed by atoms with Gasteiger partial charge < -0.3 is 20.5 Å². The Labute approximate surface area is 123 Å². The maximum atomic E-state index is 11.4. The van der Waals surface area contributed by atoms with Gasteiger partial charge in [0.2, 0.25) is 11.8 Å². The standard InChI is InChI=1S/C10H18N2O4.Na/c1-4-5-8(13)11-6(2)9(14)12-7(3)10(15)16;/h6-7H,4-5H2,1-3H3,(H,11,13)(H,12,14)(H,15,16);/q;+1/p-1/t6-,7-;/m0./s1. The van der Waals surface area contributed by atoms with Crippen LogP contribution in [-0.2, 0) is 14.4 Å². The van der Waals surface area contributed by atoms with E-state index >= 15 is 0 Å². The summed E-state index contributed by atoms with van der Waals surface area (Å²) in [6.45, 7) is 4.64. The first kappa shape index (κ1) is 18.8. The molecule has 0 fully saturated rings. The van der Waals surface area contributed by atoms with E-state index in [0.717, 1.165) is 0 Å². The summed E-state index contributed by atoms with van der Waals surface area (Å²) >= 11 is 0. The zero-order valence-electron chi connectivity index (χ0n) is 10.7. The molecule has 2 amide bonds. The van der Waals surface area contributed by atoms with Crippen molar-refractivity contribution in [3.63, 3.8) is 0 Å². The molecule has 0 aliphatic rings. The van der Waals surface area contributed by atoms with Crippen LogP contribution in [0.15, 0.2) is 0 Å². The molecule has 0 spiro atoms. The number of aliphatic carboxylic acids is 1. The van der Waals surface area contributed by atoms with Crippen molar-refractivity contribution < 1.29 is 49.0 Å². The maximum absolute atomic E-state index is 11.4. The summed E-state index contributed by atoms with van der Waals surface area (Å²) in [6, 6.07) is -1.82. The van der Waals surface area contributed by atoms with Crippen molar-refractivity contribution in [2.75, 3.05) is 0 Å². The zero-order valence-corrected chi connectivity index (χ0v) is 12.7. The van der Waals surface area contributed by atoms with Gasteiger partial charge in [-0.05, 0) is 20.3 Å². The summed E-state index contributed by atoms with van der Waals surface area (Å²) in [5.74, 6) is -2.13. The van der Waals surface area contributed by atoms with E-state index < -0.39 is 24.0 Å². The number of hydrogen-bond acceptors (Lipinski definition) is 4. The normalized spacial score (nSPS) is 12.9. The SMILES string of the molecule is CCCC(=O)N[C@@H](C)C(=O)N[C@@H](C)C(=O)[O-].[Na+]. The summed E-state index contributed by atoms with van der Waals surface area (Å²) in [4.78, 5) is 32.9. The molecule has 0 aliphatic heterocycles. The van der Waals surface area contributed by atoms with Crippen molar-refractivity contribution in [1.82, 2.24) is 10.6 Å². The number of carboxylic acid groups (broad SMARTS) is 1. The smallest absolute Gasteiger partial charge is 0.548 e. The Kier molecular flexibility index (Phi) is 10.4. The summed E-state index contributed by atoms with van der Waals surface area (Å²) in [5.41, 5.74) is 0. The maximum Gasteiger partial charge on any atom is 1.00 e. The fraction of sp³-hybridized carbons (Fsp3) is 0.700. The van der Waals surface area contributed by atoms with Gasteiger partial charge in [0.15, 0.2) is 0 Å². The Morgan fingerprint density at radius 3 is 2.06 bits per heavy atom. The first-order valence-corrected chi connectivity index (χ1v) is 5.19. The molecule has 2 atom stereocenters. The van der Waals surface area contributed by atoms with Gasteiger partial charge in [-0.3, -0.25) is 9.59 Å². The van der Waals surface area contributed by atoms with Crippen molar-refractivity contribution in [1.29, 1.82) is 0 Å². The summed E-state index contributed by atoms with van der Waals surface area (Å²) in [7, 11) is 0. The van der Waals surface area contributed by atoms with E-state index in [4.69, 9.17) is 0 Å². The molecule has 0 aromatic carbocycles. The number of carboxylic acids is 1. The minimum absolute atomic E-state index is 0. The molecule has 92 valence electrons. The van der Waals surface area contributed by atoms with Crippen LogP contribution in [0.4, 0.5) is 0 Å². The number of nitrogens with one attached hydrogen (secondary N) is 2. The van der Waals surface area contributed by atoms with Crippen molar-refractivity contribution in [2.45, 2.75) is 45.7 Å². The number of hydrogen-bond donors (Lipinski definition) is 2. The minimum Gasteiger partial charge on any atom is -0.548 e. The van der Waals surface area contributed by atoms with E-state index in [1.165, 1.54) is 13.8 Å². The van der Waals surface area contributed by atoms with Gasteiger partial charge in [0.25, 0.3) is 0 Å². The molecule has 0 bridgehead atoms. The van der Waals surface area contributed by atoms with Crippen LogP contribution in [0.5, 0.6) is 0 Å². The predicted molar refractivity (Wildman–Crippen MR) is 55.1 cm³/mol. The first-order chi connectivity index (χ1) is 7.38. The van der Waals surface area contributed by atoms with E-state index in [1.54, 1.807) is 0 Å². The van der Waals surface area contributed by atoms with Crippen molar-refractivity contribution in [3.05, 3.63) is 0 Å². The molecule has 17 heavy (non-hydrogen) atoms. The topological polar surface area (TPSA) is 98.3 Å². The number of rotatable bonds is 6. The molecule has 0 aromatic rings. The van der Waals surface area contributed by atoms with Gasteiger partial charge in [-0.25, -0.2) is 0 Å². The molecule has 6 nitrogen and oxygen atoms in total. The van der Waals surface area contributed by atoms with Gasteiger partial charge >= 0.3 is 29.6 Å². The third-order valence-corrected chi connectivity index (χ3v) is 1.96. The van der Waals surface area contributed by atoms with Gasteiger partial charge in [0.05, 0.1) is 12.0 Å². The van der Waals surface area contributed by atoms with Crippen LogP contribution >= 0.6 is 0 Å². The van der Waals surface area contributed by atoms with E-state index in [0.29, 0.717) is 12.8 Å². The molecule has 0 radical (unpaired) electrons. The first-order valence-electron chi connectivity index (χ1n) is 5.19. The predicted octanol–water partition coefficient (Wildman–Crippen LogP) is -4.45. The van der Waals surface area contributed by atoms with Gasteiger partial charge in [0.1, 0.15) is 6.04 Å². The summed E-state index contributed by atoms with van der Waals surface area (Å²) < 4.78 is 0. The van der Waals surface area contributed by atoms with Crippen LogP contribution in [0.25, 0.3) is 0 Å². The second-order valence-electron chi connectivity index (χ2n) is 3.59. The van der Waals surface area contributed by atoms with Crippen LogP contribution < -0.4 is 45.3 Å². The number of carbonyl (C=O) groups excluding carboxylic acids is 3. The Morgan fingerprint density at radius 1 is 1.12 bits per heavy atom. The molecule has 0 saturated heterocycles. The summed E-state index contributed by atoms with van der Waals surface area (Å²) in [5, 5.41) is 15.0. The molecule has 0 heterocycles. The fourth-order valence-corrected chi connectivity index (χ4v) is 1.00. The third-order valence-electron chi connectivity index (χ3n) is 1.96. The second kappa shape index (κ2) is 9.44. The van der Waals surface area contributed by atoms with Crippen LogP contribution in [0.2, 0.25) is 0 Å². The Balaban J connectivity index is 0. The Bertz CT molecular complexity index is 283. The average molecular weight is 252 g/mol. The van der Waals surface area contributed by atoms with Gasteiger partial charge in [-0.1, -0.05) is 6.92 Å². The van der Waals surface area contributed by atoms with Crippen LogP contribution in [0.1, 0.15) is 33.6 Å². The number of carbonyl (C=O) groups is 3. The van der Waals surface area contributed by atoms with Crippen molar-refractivity contribution >= 4 is 17.8 Å². The van der Waals surface area contributed by atoms with Crippen molar-refractivity contribution in [3.8, 4) is 0 Å². The van der Waals surface area contributed by atoms with E-state index in [2.05, 4.69) is 10.6 Å². The monoisotopic (exact) mass is 252 g/mol. The molecular weight excluding hydrogens is 235 g/mol. The molecular formula is C10H17N2NaO4. The largest absolute Gasteiger partial charge is 1.00 e. The zero-order chi connectivity index (χ0) is 12.7. The molecule has 0 aliphatic carbocycles. The molecule has 0 rings (SSSR count). The molecule has 0 unspecified atom stereocenters. The van der Waals surface area contributed by atoms with E-state index in [-0.39, 0.29) is 35.5 Å². The fourth-order valence-electron chi connectivity index (χ4n) is 1.00. The Morgan fingerprint density at radius 2 is 1.65 bits per heavy atom. The number of amides is 2. The quantitative estimate of drug-likeness (QED) is 0.466. The van der Waals surface area contributed by atoms with Gasteiger partial charge in [-0.2, -0.15) is 0 Å². The third kappa shape index (κ3) is 8.18. The van der Waals surface area contributed by atoms with Crippen LogP contribution in [0.3, 0.4) is 0 Å². The van der Waals surface area contributed by atoms with E-state index in [1.807, 2.05) is 6.92 Å². The molecule has 7 heteroatoms. The molecule has 0 aromatic heterocycles.